The molecule has 0 bridgehead atoms. The van der Waals surface area contributed by atoms with E-state index in [2.05, 4.69) is 6.07 Å². The van der Waals surface area contributed by atoms with Crippen LogP contribution in [0, 0.1) is 11.3 Å². The fourth-order valence-electron chi connectivity index (χ4n) is 1.36. The highest BCUT2D eigenvalue weighted by atomic mass is 32.1. The van der Waals surface area contributed by atoms with Gasteiger partial charge in [0.15, 0.2) is 0 Å². The molecule has 0 saturated heterocycles. The van der Waals surface area contributed by atoms with E-state index >= 15 is 0 Å². The summed E-state index contributed by atoms with van der Waals surface area (Å²) < 4.78 is 0. The van der Waals surface area contributed by atoms with Gasteiger partial charge in [0.25, 0.3) is 0 Å². The molecule has 0 amide bonds. The smallest absolute Gasteiger partial charge is 0.150 e. The average Bonchev–Trinajstić information content (AvgIpc) is 2.77. The number of hydrogen-bond donors (Lipinski definition) is 0. The summed E-state index contributed by atoms with van der Waals surface area (Å²) in [6, 6.07) is 11.3. The van der Waals surface area contributed by atoms with Crippen molar-refractivity contribution in [3.8, 4) is 17.2 Å². The number of carbonyl (C=O) groups is 1. The maximum Gasteiger partial charge on any atom is 0.150 e. The van der Waals surface area contributed by atoms with Gasteiger partial charge in [-0.2, -0.15) is 5.26 Å². The lowest BCUT2D eigenvalue weighted by Crippen LogP contribution is -1.81. The van der Waals surface area contributed by atoms with E-state index in [9.17, 15) is 4.79 Å². The SMILES string of the molecule is N#Cc1sccc1-c1ccc(C=O)cc1. The predicted octanol–water partition coefficient (Wildman–Crippen LogP) is 3.10. The maximum absolute atomic E-state index is 10.5. The van der Waals surface area contributed by atoms with E-state index in [4.69, 9.17) is 5.26 Å². The van der Waals surface area contributed by atoms with Gasteiger partial charge in [-0.15, -0.1) is 11.3 Å². The minimum atomic E-state index is 0.646. The molecule has 0 N–H and O–H groups in total. The molecule has 0 aliphatic heterocycles. The molecule has 0 fully saturated rings. The molecule has 3 heteroatoms. The Balaban J connectivity index is 2.46. The van der Waals surface area contributed by atoms with Crippen molar-refractivity contribution in [3.05, 3.63) is 46.2 Å². The lowest BCUT2D eigenvalue weighted by Gasteiger charge is -1.98. The largest absolute Gasteiger partial charge is 0.298 e. The zero-order valence-electron chi connectivity index (χ0n) is 7.81. The minimum Gasteiger partial charge on any atom is -0.298 e. The van der Waals surface area contributed by atoms with Crippen LogP contribution in [-0.2, 0) is 0 Å². The van der Waals surface area contributed by atoms with E-state index in [1.165, 1.54) is 11.3 Å². The molecule has 0 aliphatic carbocycles. The highest BCUT2D eigenvalue weighted by molar-refractivity contribution is 7.11. The second kappa shape index (κ2) is 4.07. The molecule has 15 heavy (non-hydrogen) atoms. The number of nitriles is 1. The Bertz CT molecular complexity index is 519. The number of nitrogens with zero attached hydrogens (tertiary/aromatic N) is 1. The number of rotatable bonds is 2. The van der Waals surface area contributed by atoms with Gasteiger partial charge in [-0.3, -0.25) is 4.79 Å². The third kappa shape index (κ3) is 1.80. The van der Waals surface area contributed by atoms with E-state index in [1.807, 2.05) is 23.6 Å². The van der Waals surface area contributed by atoms with Crippen LogP contribution in [0.5, 0.6) is 0 Å². The third-order valence-electron chi connectivity index (χ3n) is 2.12. The highest BCUT2D eigenvalue weighted by Gasteiger charge is 2.05. The Morgan fingerprint density at radius 3 is 2.53 bits per heavy atom. The first-order chi connectivity index (χ1) is 7.35. The monoisotopic (exact) mass is 213 g/mol. The van der Waals surface area contributed by atoms with Crippen LogP contribution in [0.2, 0.25) is 0 Å². The topological polar surface area (TPSA) is 40.9 Å². The van der Waals surface area contributed by atoms with E-state index in [-0.39, 0.29) is 0 Å². The van der Waals surface area contributed by atoms with Crippen molar-refractivity contribution < 1.29 is 4.79 Å². The van der Waals surface area contributed by atoms with Gasteiger partial charge in [-0.25, -0.2) is 0 Å². The molecule has 2 aromatic rings. The van der Waals surface area contributed by atoms with Crippen LogP contribution < -0.4 is 0 Å². The quantitative estimate of drug-likeness (QED) is 0.719. The Kier molecular flexibility index (Phi) is 2.61. The summed E-state index contributed by atoms with van der Waals surface area (Å²) in [5.74, 6) is 0. The molecule has 72 valence electrons. The van der Waals surface area contributed by atoms with Crippen LogP contribution in [0.15, 0.2) is 35.7 Å². The maximum atomic E-state index is 10.5. The van der Waals surface area contributed by atoms with Crippen molar-refractivity contribution in [2.45, 2.75) is 0 Å². The molecule has 1 heterocycles. The summed E-state index contributed by atoms with van der Waals surface area (Å²) in [6.07, 6.45) is 0.808. The van der Waals surface area contributed by atoms with Gasteiger partial charge in [-0.1, -0.05) is 24.3 Å². The summed E-state index contributed by atoms with van der Waals surface area (Å²) in [5.41, 5.74) is 2.55. The number of hydrogen-bond acceptors (Lipinski definition) is 3. The second-order valence-electron chi connectivity index (χ2n) is 3.02. The van der Waals surface area contributed by atoms with Crippen LogP contribution in [-0.4, -0.2) is 6.29 Å². The van der Waals surface area contributed by atoms with E-state index in [1.54, 1.807) is 12.1 Å². The predicted molar refractivity (Wildman–Crippen MR) is 59.9 cm³/mol. The van der Waals surface area contributed by atoms with Gasteiger partial charge in [0, 0.05) is 11.1 Å². The van der Waals surface area contributed by atoms with E-state index in [0.717, 1.165) is 17.4 Å². The summed E-state index contributed by atoms with van der Waals surface area (Å²) in [5, 5.41) is 10.8. The molecule has 0 spiro atoms. The summed E-state index contributed by atoms with van der Waals surface area (Å²) >= 11 is 1.42. The number of aldehydes is 1. The summed E-state index contributed by atoms with van der Waals surface area (Å²) in [7, 11) is 0. The number of benzene rings is 1. The van der Waals surface area contributed by atoms with Crippen molar-refractivity contribution in [1.29, 1.82) is 5.26 Å². The third-order valence-corrected chi connectivity index (χ3v) is 2.94. The van der Waals surface area contributed by atoms with Crippen molar-refractivity contribution >= 4 is 17.6 Å². The van der Waals surface area contributed by atoms with Gasteiger partial charge in [0.1, 0.15) is 17.2 Å². The van der Waals surface area contributed by atoms with Gasteiger partial charge in [-0.05, 0) is 17.0 Å². The molecule has 0 radical (unpaired) electrons. The van der Waals surface area contributed by atoms with E-state index in [0.29, 0.717) is 10.4 Å². The fourth-order valence-corrected chi connectivity index (χ4v) is 2.07. The zero-order valence-corrected chi connectivity index (χ0v) is 8.62. The van der Waals surface area contributed by atoms with Crippen LogP contribution in [0.25, 0.3) is 11.1 Å². The number of carbonyl (C=O) groups excluding carboxylic acids is 1. The molecular weight excluding hydrogens is 206 g/mol. The first-order valence-corrected chi connectivity index (χ1v) is 5.26. The lowest BCUT2D eigenvalue weighted by atomic mass is 10.1. The molecule has 0 saturated carbocycles. The van der Waals surface area contributed by atoms with Gasteiger partial charge < -0.3 is 0 Å². The van der Waals surface area contributed by atoms with Crippen LogP contribution in [0.3, 0.4) is 0 Å². The number of thiophene rings is 1. The molecule has 2 nitrogen and oxygen atoms in total. The highest BCUT2D eigenvalue weighted by Crippen LogP contribution is 2.27. The van der Waals surface area contributed by atoms with Crippen molar-refractivity contribution in [1.82, 2.24) is 0 Å². The summed E-state index contributed by atoms with van der Waals surface area (Å²) in [6.45, 7) is 0. The van der Waals surface area contributed by atoms with Crippen LogP contribution >= 0.6 is 11.3 Å². The van der Waals surface area contributed by atoms with Crippen LogP contribution in [0.1, 0.15) is 15.2 Å². The molecule has 0 unspecified atom stereocenters. The van der Waals surface area contributed by atoms with E-state index < -0.39 is 0 Å². The van der Waals surface area contributed by atoms with Crippen molar-refractivity contribution in [3.63, 3.8) is 0 Å². The van der Waals surface area contributed by atoms with Gasteiger partial charge in [0.05, 0.1) is 0 Å². The lowest BCUT2D eigenvalue weighted by molar-refractivity contribution is 0.112. The normalized spacial score (nSPS) is 9.53. The van der Waals surface area contributed by atoms with Gasteiger partial charge in [0.2, 0.25) is 0 Å². The first-order valence-electron chi connectivity index (χ1n) is 4.38. The molecule has 0 aliphatic rings. The Hall–Kier alpha value is -1.92. The molecule has 1 aromatic heterocycles. The zero-order chi connectivity index (χ0) is 10.7. The second-order valence-corrected chi connectivity index (χ2v) is 3.93. The minimum absolute atomic E-state index is 0.646. The summed E-state index contributed by atoms with van der Waals surface area (Å²) in [4.78, 5) is 11.2. The van der Waals surface area contributed by atoms with Gasteiger partial charge >= 0.3 is 0 Å². The molecular formula is C12H7NOS. The average molecular weight is 213 g/mol. The Morgan fingerprint density at radius 1 is 1.20 bits per heavy atom. The fraction of sp³-hybridized carbons (Fsp3) is 0. The van der Waals surface area contributed by atoms with Crippen LogP contribution in [0.4, 0.5) is 0 Å². The molecule has 0 atom stereocenters. The molecule has 1 aromatic carbocycles. The van der Waals surface area contributed by atoms with Crippen molar-refractivity contribution in [2.24, 2.45) is 0 Å². The van der Waals surface area contributed by atoms with Crippen molar-refractivity contribution in [2.75, 3.05) is 0 Å². The Morgan fingerprint density at radius 2 is 1.93 bits per heavy atom. The Labute approximate surface area is 91.4 Å². The molecule has 2 rings (SSSR count). The first kappa shape index (κ1) is 9.63. The standard InChI is InChI=1S/C12H7NOS/c13-7-12-11(5-6-15-12)10-3-1-9(8-14)2-4-10/h1-6,8H.